The van der Waals surface area contributed by atoms with Crippen molar-refractivity contribution in [3.8, 4) is 5.75 Å². The summed E-state index contributed by atoms with van der Waals surface area (Å²) in [6, 6.07) is 2.80. The minimum absolute atomic E-state index is 0.0146. The molecule has 0 aliphatic heterocycles. The summed E-state index contributed by atoms with van der Waals surface area (Å²) < 4.78 is 52.8. The quantitative estimate of drug-likeness (QED) is 0.866. The Balaban J connectivity index is 2.82. The van der Waals surface area contributed by atoms with E-state index in [-0.39, 0.29) is 22.9 Å². The zero-order valence-electron chi connectivity index (χ0n) is 11.1. The summed E-state index contributed by atoms with van der Waals surface area (Å²) in [5.41, 5.74) is 5.83. The second-order valence-corrected chi connectivity index (χ2v) is 6.40. The molecule has 2 N–H and O–H groups in total. The molecular weight excluding hydrogens is 290 g/mol. The zero-order chi connectivity index (χ0) is 15.4. The van der Waals surface area contributed by atoms with Crippen LogP contribution in [0.5, 0.6) is 5.75 Å². The van der Waals surface area contributed by atoms with Crippen LogP contribution in [0.3, 0.4) is 0 Å². The molecule has 112 valence electrons. The van der Waals surface area contributed by atoms with Crippen LogP contribution in [0.2, 0.25) is 0 Å². The second kappa shape index (κ2) is 6.17. The number of rotatable bonds is 6. The van der Waals surface area contributed by atoms with Gasteiger partial charge in [-0.15, -0.1) is 0 Å². The van der Waals surface area contributed by atoms with E-state index in [9.17, 15) is 17.2 Å². The first-order valence-corrected chi connectivity index (χ1v) is 7.51. The molecule has 1 aromatic rings. The molecule has 0 fully saturated rings. The molecule has 0 aliphatic rings. The van der Waals surface area contributed by atoms with Gasteiger partial charge in [0.2, 0.25) is 0 Å². The van der Waals surface area contributed by atoms with Crippen LogP contribution in [0, 0.1) is 0 Å². The summed E-state index contributed by atoms with van der Waals surface area (Å²) in [6.45, 7) is 1.48. The van der Waals surface area contributed by atoms with Crippen molar-refractivity contribution in [2.24, 2.45) is 5.73 Å². The van der Waals surface area contributed by atoms with Gasteiger partial charge in [-0.05, 0) is 12.1 Å². The first-order valence-electron chi connectivity index (χ1n) is 5.80. The Kier molecular flexibility index (Phi) is 5.04. The van der Waals surface area contributed by atoms with Crippen molar-refractivity contribution in [2.75, 3.05) is 12.4 Å². The number of sulfone groups is 1. The highest BCUT2D eigenvalue weighted by Gasteiger charge is 2.22. The van der Waals surface area contributed by atoms with Crippen LogP contribution in [0.25, 0.3) is 5.70 Å². The van der Waals surface area contributed by atoms with E-state index < -0.39 is 22.4 Å². The highest BCUT2D eigenvalue weighted by molar-refractivity contribution is 7.94. The van der Waals surface area contributed by atoms with Crippen LogP contribution < -0.4 is 10.5 Å². The Morgan fingerprint density at radius 1 is 1.50 bits per heavy atom. The second-order valence-electron chi connectivity index (χ2n) is 4.26. The molecule has 0 bridgehead atoms. The van der Waals surface area contributed by atoms with Crippen LogP contribution in [0.1, 0.15) is 19.5 Å². The fourth-order valence-electron chi connectivity index (χ4n) is 1.18. The Labute approximate surface area is 116 Å². The first kappa shape index (κ1) is 16.4. The average Bonchev–Trinajstić information content (AvgIpc) is 2.35. The fraction of sp³-hybridized carbons (Fsp3) is 0.417. The molecule has 0 saturated carbocycles. The fourth-order valence-corrected chi connectivity index (χ4v) is 1.86. The number of nitrogens with zero attached hydrogens (tertiary/aromatic N) is 1. The summed E-state index contributed by atoms with van der Waals surface area (Å²) in [5.74, 6) is -2.85. The molecule has 0 unspecified atom stereocenters. The summed E-state index contributed by atoms with van der Waals surface area (Å²) in [5, 5.41) is 0.927. The Bertz CT molecular complexity index is 578. The number of hydrogen-bond acceptors (Lipinski definition) is 5. The van der Waals surface area contributed by atoms with E-state index in [4.69, 9.17) is 10.5 Å². The lowest BCUT2D eigenvalue weighted by Crippen LogP contribution is -2.21. The molecule has 0 radical (unpaired) electrons. The Morgan fingerprint density at radius 3 is 2.60 bits per heavy atom. The van der Waals surface area contributed by atoms with Gasteiger partial charge in [0.15, 0.2) is 16.4 Å². The largest absolute Gasteiger partial charge is 0.486 e. The van der Waals surface area contributed by atoms with Crippen molar-refractivity contribution in [3.05, 3.63) is 29.4 Å². The van der Waals surface area contributed by atoms with E-state index >= 15 is 0 Å². The molecule has 20 heavy (non-hydrogen) atoms. The highest BCUT2D eigenvalue weighted by atomic mass is 32.2. The van der Waals surface area contributed by atoms with Crippen LogP contribution >= 0.6 is 0 Å². The molecule has 5 nitrogen and oxygen atoms in total. The van der Waals surface area contributed by atoms with E-state index in [2.05, 4.69) is 4.98 Å². The predicted molar refractivity (Wildman–Crippen MR) is 72.0 cm³/mol. The monoisotopic (exact) mass is 306 g/mol. The van der Waals surface area contributed by atoms with Crippen LogP contribution in [-0.4, -0.2) is 31.7 Å². The number of halogens is 2. The number of pyridine rings is 1. The van der Waals surface area contributed by atoms with Gasteiger partial charge >= 0.3 is 0 Å². The molecule has 0 saturated heterocycles. The van der Waals surface area contributed by atoms with Crippen molar-refractivity contribution in [2.45, 2.75) is 19.8 Å². The number of hydrogen-bond donors (Lipinski definition) is 1. The summed E-state index contributed by atoms with van der Waals surface area (Å²) >= 11 is 0. The molecule has 0 spiro atoms. The predicted octanol–water partition coefficient (Wildman–Crippen LogP) is 1.81. The number of alkyl halides is 2. The number of nitrogens with two attached hydrogens (primary N) is 1. The third-order valence-corrected chi connectivity index (χ3v) is 3.65. The molecule has 0 amide bonds. The van der Waals surface area contributed by atoms with Gasteiger partial charge in [-0.1, -0.05) is 6.92 Å². The van der Waals surface area contributed by atoms with Crippen LogP contribution in [0.4, 0.5) is 8.78 Å². The summed E-state index contributed by atoms with van der Waals surface area (Å²) in [4.78, 5) is 3.87. The van der Waals surface area contributed by atoms with Crippen molar-refractivity contribution in [3.63, 3.8) is 0 Å². The molecule has 1 rings (SSSR count). The number of ether oxygens (including phenoxy) is 1. The van der Waals surface area contributed by atoms with E-state index in [1.54, 1.807) is 0 Å². The maximum absolute atomic E-state index is 12.6. The maximum Gasteiger partial charge on any atom is 0.278 e. The lowest BCUT2D eigenvalue weighted by atomic mass is 10.3. The normalized spacial score (nSPS) is 13.3. The first-order chi connectivity index (χ1) is 9.13. The van der Waals surface area contributed by atoms with Crippen molar-refractivity contribution >= 4 is 15.5 Å². The molecule has 0 aliphatic carbocycles. The van der Waals surface area contributed by atoms with Gasteiger partial charge in [-0.2, -0.15) is 0 Å². The molecule has 1 heterocycles. The van der Waals surface area contributed by atoms with Crippen LogP contribution in [-0.2, 0) is 9.84 Å². The number of aromatic nitrogens is 1. The van der Waals surface area contributed by atoms with Gasteiger partial charge < -0.3 is 10.5 Å². The smallest absolute Gasteiger partial charge is 0.278 e. The van der Waals surface area contributed by atoms with Gasteiger partial charge in [0.05, 0.1) is 28.7 Å². The molecule has 0 aromatic carbocycles. The lowest BCUT2D eigenvalue weighted by Gasteiger charge is -2.11. The average molecular weight is 306 g/mol. The van der Waals surface area contributed by atoms with Crippen LogP contribution in [0.15, 0.2) is 23.7 Å². The third-order valence-electron chi connectivity index (χ3n) is 2.23. The molecule has 1 aromatic heterocycles. The van der Waals surface area contributed by atoms with E-state index in [0.717, 1.165) is 12.3 Å². The highest BCUT2D eigenvalue weighted by Crippen LogP contribution is 2.17. The zero-order valence-corrected chi connectivity index (χ0v) is 12.0. The third kappa shape index (κ3) is 5.52. The maximum atomic E-state index is 12.6. The molecule has 0 atom stereocenters. The van der Waals surface area contributed by atoms with Crippen molar-refractivity contribution in [1.29, 1.82) is 0 Å². The molecule has 8 heteroatoms. The van der Waals surface area contributed by atoms with Gasteiger partial charge in [0.1, 0.15) is 5.75 Å². The van der Waals surface area contributed by atoms with E-state index in [0.29, 0.717) is 0 Å². The minimum atomic E-state index is -3.36. The van der Waals surface area contributed by atoms with Gasteiger partial charge in [-0.25, -0.2) is 17.2 Å². The lowest BCUT2D eigenvalue weighted by molar-refractivity contribution is -0.0230. The molecular formula is C12H16F2N2O3S. The van der Waals surface area contributed by atoms with E-state index in [1.807, 2.05) is 0 Å². The van der Waals surface area contributed by atoms with Crippen molar-refractivity contribution < 1.29 is 21.9 Å². The van der Waals surface area contributed by atoms with Gasteiger partial charge in [0, 0.05) is 6.92 Å². The Morgan fingerprint density at radius 2 is 2.15 bits per heavy atom. The van der Waals surface area contributed by atoms with Gasteiger partial charge in [-0.3, -0.25) is 4.98 Å². The topological polar surface area (TPSA) is 82.3 Å². The summed E-state index contributed by atoms with van der Waals surface area (Å²) in [6.07, 6.45) is 1.21. The summed E-state index contributed by atoms with van der Waals surface area (Å²) in [7, 11) is -3.36. The SMILES string of the molecule is CCS(=O)(=O)C=C(N)c1ccc(OCC(C)(F)F)cn1. The Hall–Kier alpha value is -1.70. The minimum Gasteiger partial charge on any atom is -0.486 e. The van der Waals surface area contributed by atoms with Crippen molar-refractivity contribution in [1.82, 2.24) is 4.98 Å². The van der Waals surface area contributed by atoms with E-state index in [1.165, 1.54) is 25.3 Å². The van der Waals surface area contributed by atoms with Gasteiger partial charge in [0.25, 0.3) is 5.92 Å². The standard InChI is InChI=1S/C12H16F2N2O3S/c1-3-20(17,18)7-10(15)11-5-4-9(6-16-11)19-8-12(2,13)14/h4-7H,3,8,15H2,1-2H3.